The maximum Gasteiger partial charge on any atom is 0.307 e. The van der Waals surface area contributed by atoms with Crippen LogP contribution in [0.5, 0.6) is 0 Å². The zero-order valence-electron chi connectivity index (χ0n) is 7.31. The second-order valence-corrected chi connectivity index (χ2v) is 4.25. The molecule has 1 N–H and O–H groups in total. The third-order valence-corrected chi connectivity index (χ3v) is 2.93. The van der Waals surface area contributed by atoms with Crippen molar-refractivity contribution in [2.75, 3.05) is 0 Å². The van der Waals surface area contributed by atoms with Crippen molar-refractivity contribution in [2.24, 2.45) is 5.92 Å². The monoisotopic (exact) mass is 276 g/mol. The summed E-state index contributed by atoms with van der Waals surface area (Å²) in [5.41, 5.74) is 1.13. The van der Waals surface area contributed by atoms with Crippen molar-refractivity contribution < 1.29 is 9.90 Å². The molecule has 0 saturated heterocycles. The molecule has 1 fully saturated rings. The number of carboxylic acid groups (broad SMARTS) is 1. The van der Waals surface area contributed by atoms with E-state index in [1.165, 1.54) is 0 Å². The standard InChI is InChI=1S/C10H9BrO2.ClH/c11-7-3-1-6(2-4-7)8-5-9(8)10(12)13;/h1-4,8-9H,5H2,(H,12,13);1H/t8-,9+;/m0./s1. The van der Waals surface area contributed by atoms with E-state index < -0.39 is 5.97 Å². The zero-order chi connectivity index (χ0) is 9.42. The van der Waals surface area contributed by atoms with Gasteiger partial charge >= 0.3 is 5.97 Å². The van der Waals surface area contributed by atoms with Gasteiger partial charge in [-0.3, -0.25) is 4.79 Å². The van der Waals surface area contributed by atoms with Crippen LogP contribution in [0.1, 0.15) is 17.9 Å². The minimum Gasteiger partial charge on any atom is -0.481 e. The second kappa shape index (κ2) is 4.32. The Labute approximate surface area is 96.9 Å². The number of carboxylic acids is 1. The van der Waals surface area contributed by atoms with E-state index >= 15 is 0 Å². The van der Waals surface area contributed by atoms with Crippen LogP contribution in [-0.4, -0.2) is 11.1 Å². The lowest BCUT2D eigenvalue weighted by atomic mass is 10.1. The smallest absolute Gasteiger partial charge is 0.307 e. The Balaban J connectivity index is 0.000000980. The van der Waals surface area contributed by atoms with Crippen molar-refractivity contribution >= 4 is 34.3 Å². The molecule has 76 valence electrons. The summed E-state index contributed by atoms with van der Waals surface area (Å²) in [7, 11) is 0. The highest BCUT2D eigenvalue weighted by Gasteiger charge is 2.43. The van der Waals surface area contributed by atoms with Crippen LogP contribution < -0.4 is 0 Å². The number of rotatable bonds is 2. The maximum atomic E-state index is 10.6. The number of hydrogen-bond donors (Lipinski definition) is 1. The zero-order valence-corrected chi connectivity index (χ0v) is 9.72. The third kappa shape index (κ3) is 2.28. The molecule has 0 unspecified atom stereocenters. The van der Waals surface area contributed by atoms with E-state index in [2.05, 4.69) is 15.9 Å². The molecule has 0 aromatic heterocycles. The molecule has 14 heavy (non-hydrogen) atoms. The van der Waals surface area contributed by atoms with Crippen LogP contribution in [-0.2, 0) is 4.79 Å². The highest BCUT2D eigenvalue weighted by molar-refractivity contribution is 9.10. The van der Waals surface area contributed by atoms with Crippen molar-refractivity contribution in [2.45, 2.75) is 12.3 Å². The normalized spacial score (nSPS) is 23.8. The van der Waals surface area contributed by atoms with Gasteiger partial charge < -0.3 is 5.11 Å². The molecule has 0 radical (unpaired) electrons. The molecular weight excluding hydrogens is 267 g/mol. The summed E-state index contributed by atoms with van der Waals surface area (Å²) < 4.78 is 1.03. The Morgan fingerprint density at radius 2 is 1.93 bits per heavy atom. The van der Waals surface area contributed by atoms with Crippen molar-refractivity contribution in [1.82, 2.24) is 0 Å². The molecule has 1 saturated carbocycles. The first-order chi connectivity index (χ1) is 6.18. The van der Waals surface area contributed by atoms with E-state index in [0.717, 1.165) is 16.5 Å². The first-order valence-corrected chi connectivity index (χ1v) is 4.96. The van der Waals surface area contributed by atoms with Crippen LogP contribution >= 0.6 is 28.3 Å². The van der Waals surface area contributed by atoms with Crippen molar-refractivity contribution in [1.29, 1.82) is 0 Å². The highest BCUT2D eigenvalue weighted by atomic mass is 79.9. The van der Waals surface area contributed by atoms with Gasteiger partial charge in [-0.1, -0.05) is 28.1 Å². The van der Waals surface area contributed by atoms with Crippen LogP contribution in [0.15, 0.2) is 28.7 Å². The van der Waals surface area contributed by atoms with Crippen LogP contribution in [0.4, 0.5) is 0 Å². The van der Waals surface area contributed by atoms with Crippen LogP contribution in [0, 0.1) is 5.92 Å². The van der Waals surface area contributed by atoms with E-state index in [4.69, 9.17) is 5.11 Å². The van der Waals surface area contributed by atoms with E-state index in [0.29, 0.717) is 0 Å². The fourth-order valence-electron chi connectivity index (χ4n) is 1.55. The number of halogens is 2. The van der Waals surface area contributed by atoms with E-state index in [9.17, 15) is 4.79 Å². The van der Waals surface area contributed by atoms with Gasteiger partial charge in [0.1, 0.15) is 0 Å². The topological polar surface area (TPSA) is 37.3 Å². The van der Waals surface area contributed by atoms with E-state index in [-0.39, 0.29) is 24.2 Å². The van der Waals surface area contributed by atoms with Gasteiger partial charge in [-0.25, -0.2) is 0 Å². The summed E-state index contributed by atoms with van der Waals surface area (Å²) in [5.74, 6) is -0.584. The van der Waals surface area contributed by atoms with Gasteiger partial charge in [-0.15, -0.1) is 12.4 Å². The molecule has 4 heteroatoms. The summed E-state index contributed by atoms with van der Waals surface area (Å²) in [6, 6.07) is 7.87. The lowest BCUT2D eigenvalue weighted by Crippen LogP contribution is -1.98. The average molecular weight is 278 g/mol. The van der Waals surface area contributed by atoms with Gasteiger partial charge in [0.25, 0.3) is 0 Å². The molecule has 2 nitrogen and oxygen atoms in total. The number of hydrogen-bond acceptors (Lipinski definition) is 1. The summed E-state index contributed by atoms with van der Waals surface area (Å²) in [6.07, 6.45) is 0.789. The molecule has 1 aromatic carbocycles. The summed E-state index contributed by atoms with van der Waals surface area (Å²) in [4.78, 5) is 10.6. The Hall–Kier alpha value is -0.540. The Morgan fingerprint density at radius 3 is 2.36 bits per heavy atom. The molecule has 0 aliphatic heterocycles. The van der Waals surface area contributed by atoms with Gasteiger partial charge in [-0.2, -0.15) is 0 Å². The molecule has 2 rings (SSSR count). The predicted octanol–water partition coefficient (Wildman–Crippen LogP) is 3.06. The second-order valence-electron chi connectivity index (χ2n) is 3.34. The highest BCUT2D eigenvalue weighted by Crippen LogP contribution is 2.47. The third-order valence-electron chi connectivity index (χ3n) is 2.41. The van der Waals surface area contributed by atoms with Crippen LogP contribution in [0.3, 0.4) is 0 Å². The molecular formula is C10H10BrClO2. The fraction of sp³-hybridized carbons (Fsp3) is 0.300. The van der Waals surface area contributed by atoms with Crippen molar-refractivity contribution in [3.8, 4) is 0 Å². The van der Waals surface area contributed by atoms with Gasteiger partial charge in [0.2, 0.25) is 0 Å². The molecule has 1 aliphatic carbocycles. The molecule has 0 bridgehead atoms. The maximum absolute atomic E-state index is 10.6. The van der Waals surface area contributed by atoms with E-state index in [1.807, 2.05) is 24.3 Å². The molecule has 0 spiro atoms. The SMILES string of the molecule is Cl.O=C(O)[C@@H]1C[C@H]1c1ccc(Br)cc1. The molecule has 2 atom stereocenters. The fourth-order valence-corrected chi connectivity index (χ4v) is 1.81. The van der Waals surface area contributed by atoms with Gasteiger partial charge in [0, 0.05) is 4.47 Å². The van der Waals surface area contributed by atoms with Crippen molar-refractivity contribution in [3.63, 3.8) is 0 Å². The Bertz CT molecular complexity index is 336. The minimum absolute atomic E-state index is 0. The average Bonchev–Trinajstić information content (AvgIpc) is 2.85. The largest absolute Gasteiger partial charge is 0.481 e. The first kappa shape index (κ1) is 11.5. The number of benzene rings is 1. The Kier molecular flexibility index (Phi) is 3.56. The van der Waals surface area contributed by atoms with Gasteiger partial charge in [0.05, 0.1) is 5.92 Å². The van der Waals surface area contributed by atoms with Gasteiger partial charge in [0.15, 0.2) is 0 Å². The molecule has 0 heterocycles. The number of aliphatic carboxylic acids is 1. The Morgan fingerprint density at radius 1 is 1.36 bits per heavy atom. The lowest BCUT2D eigenvalue weighted by Gasteiger charge is -1.97. The van der Waals surface area contributed by atoms with Crippen molar-refractivity contribution in [3.05, 3.63) is 34.3 Å². The van der Waals surface area contributed by atoms with E-state index in [1.54, 1.807) is 0 Å². The molecule has 0 amide bonds. The first-order valence-electron chi connectivity index (χ1n) is 4.17. The number of carbonyl (C=O) groups is 1. The predicted molar refractivity (Wildman–Crippen MR) is 59.9 cm³/mol. The van der Waals surface area contributed by atoms with Gasteiger partial charge in [-0.05, 0) is 30.0 Å². The quantitative estimate of drug-likeness (QED) is 0.902. The summed E-state index contributed by atoms with van der Waals surface area (Å²) in [5, 5.41) is 8.73. The summed E-state index contributed by atoms with van der Waals surface area (Å²) in [6.45, 7) is 0. The van der Waals surface area contributed by atoms with Crippen LogP contribution in [0.25, 0.3) is 0 Å². The molecule has 1 aromatic rings. The molecule has 1 aliphatic rings. The lowest BCUT2D eigenvalue weighted by molar-refractivity contribution is -0.138. The van der Waals surface area contributed by atoms with Crippen LogP contribution in [0.2, 0.25) is 0 Å². The minimum atomic E-state index is -0.673. The summed E-state index contributed by atoms with van der Waals surface area (Å²) >= 11 is 3.34.